The van der Waals surface area contributed by atoms with Crippen LogP contribution in [0.1, 0.15) is 224 Å². The minimum Gasteiger partial charge on any atom is -0.872 e. The van der Waals surface area contributed by atoms with E-state index in [1.165, 1.54) is 90.9 Å². The molecule has 0 bridgehead atoms. The quantitative estimate of drug-likeness (QED) is 0.0802. The van der Waals surface area contributed by atoms with Crippen molar-refractivity contribution in [2.45, 2.75) is 225 Å². The van der Waals surface area contributed by atoms with E-state index in [1.54, 1.807) is 59.7 Å². The minimum absolute atomic E-state index is 0. The van der Waals surface area contributed by atoms with Gasteiger partial charge in [-0.25, -0.2) is 0 Å². The Hall–Kier alpha value is -3.55. The maximum atomic E-state index is 12.2. The molecule has 6 nitrogen and oxygen atoms in total. The Labute approximate surface area is 532 Å². The first-order valence-corrected chi connectivity index (χ1v) is 33.8. The van der Waals surface area contributed by atoms with Crippen LogP contribution in [0.5, 0.6) is 0 Å². The summed E-state index contributed by atoms with van der Waals surface area (Å²) in [5, 5.41) is 46.7. The summed E-state index contributed by atoms with van der Waals surface area (Å²) in [5.41, 5.74) is 5.89. The average Bonchev–Trinajstić information content (AvgIpc) is 1.77. The number of benzene rings is 2. The van der Waals surface area contributed by atoms with Crippen LogP contribution in [-0.4, -0.2) is 23.8 Å². The van der Waals surface area contributed by atoms with Gasteiger partial charge in [-0.3, -0.25) is 9.59 Å². The molecule has 8 aliphatic carbocycles. The molecule has 2 aromatic carbocycles. The number of hydrogen-bond acceptors (Lipinski definition) is 6. The minimum atomic E-state index is -0.337. The van der Waals surface area contributed by atoms with Crippen LogP contribution >= 0.6 is 0 Å². The van der Waals surface area contributed by atoms with E-state index in [0.29, 0.717) is 44.6 Å². The van der Waals surface area contributed by atoms with Crippen molar-refractivity contribution in [1.29, 1.82) is 0 Å². The van der Waals surface area contributed by atoms with Gasteiger partial charge in [0.2, 0.25) is 0 Å². The molecule has 8 aliphatic rings. The van der Waals surface area contributed by atoms with Crippen LogP contribution in [0.15, 0.2) is 120 Å². The summed E-state index contributed by atoms with van der Waals surface area (Å²) in [4.78, 5) is 21.1. The number of rotatable bonds is 14. The predicted octanol–water partition coefficient (Wildman–Crippen LogP) is 16.3. The number of carbonyl (C=O) groups is 2. The van der Waals surface area contributed by atoms with Crippen molar-refractivity contribution < 1.29 is 51.7 Å². The van der Waals surface area contributed by atoms with E-state index in [-0.39, 0.29) is 57.0 Å². The zero-order chi connectivity index (χ0) is 61.3. The average molecular weight is 1190 g/mol. The van der Waals surface area contributed by atoms with Crippen molar-refractivity contribution in [3.63, 3.8) is 0 Å². The summed E-state index contributed by atoms with van der Waals surface area (Å²) >= 11 is 0. The van der Waals surface area contributed by atoms with Gasteiger partial charge in [-0.05, 0) is 244 Å². The number of fused-ring (bicyclic) bond motifs is 10. The largest absolute Gasteiger partial charge is 0.872 e. The molecule has 0 aromatic heterocycles. The third-order valence-corrected chi connectivity index (χ3v) is 24.3. The molecule has 6 unspecified atom stereocenters. The van der Waals surface area contributed by atoms with Crippen LogP contribution < -0.4 is 20.4 Å². The molecule has 0 saturated heterocycles. The molecule has 0 amide bonds. The SMILES string of the molecule is CC(=O)/C=C(\[O-])c1ccccc1.CC(=O)/C=C(\[O-])c1ccccc1.CC[C@H](C=CC(C)[C@H]1CCC2[C@@H]3CC=C4C[C@@H]([O-])CC[C@]4(C)C3CC[C@@]21C)C(C)C.CC[C@H](C=CC(C)[C@H]1CCC2[C@@H]3CC=C4C[C@@H]([O-])CC[C@]4(C)C3CC[C@@]21C)C(C)C.[Ti]. The third-order valence-electron chi connectivity index (χ3n) is 24.3. The monoisotopic (exact) mass is 1190 g/mol. The van der Waals surface area contributed by atoms with Crippen LogP contribution in [0.4, 0.5) is 0 Å². The van der Waals surface area contributed by atoms with Crippen molar-refractivity contribution in [2.75, 3.05) is 0 Å². The van der Waals surface area contributed by atoms with E-state index >= 15 is 0 Å². The zero-order valence-electron chi connectivity index (χ0n) is 55.3. The molecule has 0 spiro atoms. The maximum absolute atomic E-state index is 12.2. The Kier molecular flexibility index (Phi) is 25.5. The van der Waals surface area contributed by atoms with Crippen LogP contribution in [-0.2, 0) is 31.3 Å². The second-order valence-electron chi connectivity index (χ2n) is 29.8. The Morgan fingerprint density at radius 1 is 0.506 bits per heavy atom. The fourth-order valence-corrected chi connectivity index (χ4v) is 19.4. The summed E-state index contributed by atoms with van der Waals surface area (Å²) < 4.78 is 0. The normalized spacial score (nSPS) is 35.4. The number of carbonyl (C=O) groups excluding carboxylic acids is 2. The van der Waals surface area contributed by atoms with Crippen LogP contribution in [0, 0.1) is 105 Å². The molecule has 6 fully saturated rings. The van der Waals surface area contributed by atoms with Gasteiger partial charge < -0.3 is 20.4 Å². The fraction of sp³-hybridized carbons (Fsp3) is 0.667. The molecule has 0 heterocycles. The molecular formula is C78H112O6Ti-4. The molecule has 10 rings (SSSR count). The first-order valence-electron chi connectivity index (χ1n) is 33.8. The molecule has 468 valence electrons. The number of hydrogen-bond donors (Lipinski definition) is 0. The van der Waals surface area contributed by atoms with Crippen LogP contribution in [0.25, 0.3) is 11.5 Å². The number of ketones is 2. The Morgan fingerprint density at radius 2 is 0.859 bits per heavy atom. The van der Waals surface area contributed by atoms with Crippen molar-refractivity contribution in [1.82, 2.24) is 0 Å². The third kappa shape index (κ3) is 16.3. The van der Waals surface area contributed by atoms with Gasteiger partial charge in [0.15, 0.2) is 11.6 Å². The van der Waals surface area contributed by atoms with Gasteiger partial charge in [0.1, 0.15) is 0 Å². The van der Waals surface area contributed by atoms with E-state index in [9.17, 15) is 30.0 Å². The Bertz CT molecular complexity index is 2480. The molecule has 0 N–H and O–H groups in total. The van der Waals surface area contributed by atoms with Gasteiger partial charge in [-0.15, -0.1) is 12.2 Å². The standard InChI is InChI=1S/2C29H47O.2C10H10O2.Ti/c2*1-7-21(19(2)3)9-8-20(4)25-12-13-26-24-11-10-22-18-23(30)14-16-28(22,5)27(24)15-17-29(25,26)6;2*1-8(11)7-10(12)9-5-3-2-4-6-9;/h2*8-10,19-21,23-27H,7,11-18H2,1-6H3;2*2-7,12H,1H3;/q2*-1;;;/p-2/b;;2*10-7-;/t2*20?,21-,23+,24+,25-,26?,27?,28+,29-;;;/m11.../s1. The van der Waals surface area contributed by atoms with Gasteiger partial charge in [0, 0.05) is 21.7 Å². The van der Waals surface area contributed by atoms with Crippen molar-refractivity contribution in [3.8, 4) is 0 Å². The van der Waals surface area contributed by atoms with Gasteiger partial charge in [0.25, 0.3) is 0 Å². The Morgan fingerprint density at radius 3 is 1.18 bits per heavy atom. The second-order valence-corrected chi connectivity index (χ2v) is 29.8. The summed E-state index contributed by atoms with van der Waals surface area (Å²) in [6.07, 6.45) is 39.0. The van der Waals surface area contributed by atoms with E-state index in [2.05, 4.69) is 120 Å². The van der Waals surface area contributed by atoms with E-state index in [1.807, 2.05) is 12.1 Å². The molecule has 0 radical (unpaired) electrons. The summed E-state index contributed by atoms with van der Waals surface area (Å²) in [6.45, 7) is 32.2. The molecule has 2 aromatic rings. The fourth-order valence-electron chi connectivity index (χ4n) is 19.4. The molecule has 85 heavy (non-hydrogen) atoms. The summed E-state index contributed by atoms with van der Waals surface area (Å²) in [6, 6.07) is 17.4. The second kappa shape index (κ2) is 30.8. The van der Waals surface area contributed by atoms with Crippen LogP contribution in [0.2, 0.25) is 0 Å². The zero-order valence-corrected chi connectivity index (χ0v) is 56.9. The molecular weight excluding hydrogens is 1080 g/mol. The predicted molar refractivity (Wildman–Crippen MR) is 342 cm³/mol. The smallest absolute Gasteiger partial charge is 0.152 e. The summed E-state index contributed by atoms with van der Waals surface area (Å²) in [5.74, 6) is 10.3. The first-order chi connectivity index (χ1) is 39.8. The topological polar surface area (TPSA) is 126 Å². The number of allylic oxidation sites excluding steroid dienone is 8. The molecule has 18 atom stereocenters. The van der Waals surface area contributed by atoms with Gasteiger partial charge in [-0.2, -0.15) is 0 Å². The van der Waals surface area contributed by atoms with Crippen LogP contribution in [0.3, 0.4) is 0 Å². The summed E-state index contributed by atoms with van der Waals surface area (Å²) in [7, 11) is 0. The molecule has 0 aliphatic heterocycles. The van der Waals surface area contributed by atoms with Gasteiger partial charge >= 0.3 is 0 Å². The van der Waals surface area contributed by atoms with Gasteiger partial charge in [0.05, 0.1) is 0 Å². The van der Waals surface area contributed by atoms with Crippen molar-refractivity contribution in [2.24, 2.45) is 105 Å². The molecule has 7 heteroatoms. The van der Waals surface area contributed by atoms with Crippen molar-refractivity contribution >= 4 is 23.1 Å². The first kappa shape index (κ1) is 70.5. The maximum Gasteiger partial charge on any atom is 0.152 e. The molecule has 6 saturated carbocycles. The van der Waals surface area contributed by atoms with Crippen molar-refractivity contribution in [3.05, 3.63) is 132 Å². The van der Waals surface area contributed by atoms with E-state index in [4.69, 9.17) is 0 Å². The van der Waals surface area contributed by atoms with Gasteiger partial charge in [-0.1, -0.05) is 216 Å². The Balaban J connectivity index is 0.000000197. The van der Waals surface area contributed by atoms with E-state index in [0.717, 1.165) is 122 Å². The van der Waals surface area contributed by atoms with E-state index < -0.39 is 0 Å².